The number of aromatic nitrogens is 2. The quantitative estimate of drug-likeness (QED) is 0.918. The topological polar surface area (TPSA) is 48.2 Å². The highest BCUT2D eigenvalue weighted by atomic mass is 16.5. The van der Waals surface area contributed by atoms with Gasteiger partial charge in [0.1, 0.15) is 0 Å². The molecule has 0 bridgehead atoms. The number of carbonyl (C=O) groups excluding carboxylic acids is 1. The second kappa shape index (κ2) is 6.40. The van der Waals surface area contributed by atoms with E-state index in [0.29, 0.717) is 26.2 Å². The molecule has 0 aromatic carbocycles. The summed E-state index contributed by atoms with van der Waals surface area (Å²) in [6, 6.07) is 8.04. The lowest BCUT2D eigenvalue weighted by molar-refractivity contribution is -0.124. The molecule has 0 atom stereocenters. The highest BCUT2D eigenvalue weighted by Crippen LogP contribution is 2.32. The van der Waals surface area contributed by atoms with Crippen LogP contribution in [-0.2, 0) is 28.7 Å². The lowest BCUT2D eigenvalue weighted by atomic mass is 9.86. The van der Waals surface area contributed by atoms with Crippen LogP contribution in [0, 0.1) is 0 Å². The number of amides is 1. The standard InChI is InChI=1S/C17H23N3O2/c1-19-8-4-5-15(19)14-18-16(21)13-17(6-11-22-12-7-17)20-9-2-3-10-20/h2-5,8-10H,6-7,11-14H2,1H3,(H,18,21). The molecule has 1 amide bonds. The Labute approximate surface area is 130 Å². The van der Waals surface area contributed by atoms with Gasteiger partial charge in [-0.3, -0.25) is 4.79 Å². The number of aryl methyl sites for hydroxylation is 1. The number of nitrogens with zero attached hydrogens (tertiary/aromatic N) is 2. The zero-order valence-corrected chi connectivity index (χ0v) is 13.0. The highest BCUT2D eigenvalue weighted by molar-refractivity contribution is 5.77. The van der Waals surface area contributed by atoms with Crippen LogP contribution >= 0.6 is 0 Å². The van der Waals surface area contributed by atoms with E-state index < -0.39 is 0 Å². The van der Waals surface area contributed by atoms with Crippen molar-refractivity contribution >= 4 is 5.91 Å². The van der Waals surface area contributed by atoms with Gasteiger partial charge in [-0.15, -0.1) is 0 Å². The van der Waals surface area contributed by atoms with Crippen LogP contribution in [-0.4, -0.2) is 28.3 Å². The highest BCUT2D eigenvalue weighted by Gasteiger charge is 2.36. The van der Waals surface area contributed by atoms with Gasteiger partial charge in [0.15, 0.2) is 0 Å². The van der Waals surface area contributed by atoms with Gasteiger partial charge < -0.3 is 19.2 Å². The van der Waals surface area contributed by atoms with Crippen molar-refractivity contribution in [1.29, 1.82) is 0 Å². The molecule has 0 spiro atoms. The Bertz CT molecular complexity index is 610. The maximum absolute atomic E-state index is 12.4. The molecule has 22 heavy (non-hydrogen) atoms. The molecule has 0 saturated carbocycles. The van der Waals surface area contributed by atoms with Crippen molar-refractivity contribution in [3.05, 3.63) is 48.5 Å². The van der Waals surface area contributed by atoms with Crippen molar-refractivity contribution in [1.82, 2.24) is 14.5 Å². The van der Waals surface area contributed by atoms with E-state index in [-0.39, 0.29) is 11.4 Å². The third-order valence-electron chi connectivity index (χ3n) is 4.58. The van der Waals surface area contributed by atoms with E-state index in [1.54, 1.807) is 0 Å². The van der Waals surface area contributed by atoms with Gasteiger partial charge in [0.2, 0.25) is 5.91 Å². The molecule has 2 aromatic heterocycles. The lowest BCUT2D eigenvalue weighted by Crippen LogP contribution is -2.43. The summed E-state index contributed by atoms with van der Waals surface area (Å²) in [5, 5.41) is 3.05. The first-order chi connectivity index (χ1) is 10.7. The van der Waals surface area contributed by atoms with Crippen molar-refractivity contribution in [2.45, 2.75) is 31.3 Å². The van der Waals surface area contributed by atoms with Crippen molar-refractivity contribution in [3.63, 3.8) is 0 Å². The van der Waals surface area contributed by atoms with E-state index in [2.05, 4.69) is 22.3 Å². The van der Waals surface area contributed by atoms with Gasteiger partial charge in [0.05, 0.1) is 18.5 Å². The predicted molar refractivity (Wildman–Crippen MR) is 84.3 cm³/mol. The SMILES string of the molecule is Cn1cccc1CNC(=O)CC1(n2cccc2)CCOCC1. The van der Waals surface area contributed by atoms with Gasteiger partial charge in [-0.2, -0.15) is 0 Å². The molecule has 0 radical (unpaired) electrons. The van der Waals surface area contributed by atoms with Crippen LogP contribution in [0.2, 0.25) is 0 Å². The first-order valence-electron chi connectivity index (χ1n) is 7.78. The third kappa shape index (κ3) is 3.09. The summed E-state index contributed by atoms with van der Waals surface area (Å²) in [6.45, 7) is 1.99. The molecule has 1 aliphatic heterocycles. The lowest BCUT2D eigenvalue weighted by Gasteiger charge is -2.38. The Hall–Kier alpha value is -2.01. The zero-order chi connectivity index (χ0) is 15.4. The Kier molecular flexibility index (Phi) is 4.34. The largest absolute Gasteiger partial charge is 0.381 e. The number of nitrogens with one attached hydrogen (secondary N) is 1. The maximum Gasteiger partial charge on any atom is 0.222 e. The summed E-state index contributed by atoms with van der Waals surface area (Å²) < 4.78 is 9.69. The monoisotopic (exact) mass is 301 g/mol. The summed E-state index contributed by atoms with van der Waals surface area (Å²) in [4.78, 5) is 12.4. The smallest absolute Gasteiger partial charge is 0.222 e. The molecule has 118 valence electrons. The van der Waals surface area contributed by atoms with E-state index >= 15 is 0 Å². The van der Waals surface area contributed by atoms with Crippen LogP contribution < -0.4 is 5.32 Å². The average Bonchev–Trinajstić information content (AvgIpc) is 3.18. The maximum atomic E-state index is 12.4. The van der Waals surface area contributed by atoms with Crippen molar-refractivity contribution in [2.75, 3.05) is 13.2 Å². The zero-order valence-electron chi connectivity index (χ0n) is 13.0. The predicted octanol–water partition coefficient (Wildman–Crippen LogP) is 2.04. The molecule has 3 heterocycles. The Morgan fingerprint density at radius 2 is 1.95 bits per heavy atom. The first kappa shape index (κ1) is 14.9. The van der Waals surface area contributed by atoms with E-state index in [1.165, 1.54) is 0 Å². The number of hydrogen-bond acceptors (Lipinski definition) is 2. The van der Waals surface area contributed by atoms with Gasteiger partial charge in [-0.25, -0.2) is 0 Å². The number of rotatable bonds is 5. The van der Waals surface area contributed by atoms with Gasteiger partial charge in [0.25, 0.3) is 0 Å². The van der Waals surface area contributed by atoms with Gasteiger partial charge in [-0.05, 0) is 37.1 Å². The first-order valence-corrected chi connectivity index (χ1v) is 7.78. The van der Waals surface area contributed by atoms with Gasteiger partial charge in [-0.1, -0.05) is 0 Å². The molecular formula is C17H23N3O2. The van der Waals surface area contributed by atoms with Crippen molar-refractivity contribution < 1.29 is 9.53 Å². The second-order valence-electron chi connectivity index (χ2n) is 5.99. The Morgan fingerprint density at radius 3 is 2.59 bits per heavy atom. The minimum absolute atomic E-state index is 0.0943. The fourth-order valence-electron chi connectivity index (χ4n) is 3.16. The summed E-state index contributed by atoms with van der Waals surface area (Å²) in [5.41, 5.74) is 0.954. The molecule has 1 aliphatic rings. The van der Waals surface area contributed by atoms with Gasteiger partial charge >= 0.3 is 0 Å². The second-order valence-corrected chi connectivity index (χ2v) is 5.99. The van der Waals surface area contributed by atoms with Crippen molar-refractivity contribution in [2.24, 2.45) is 7.05 Å². The average molecular weight is 301 g/mol. The molecule has 5 heteroatoms. The van der Waals surface area contributed by atoms with Crippen LogP contribution in [0.3, 0.4) is 0 Å². The summed E-state index contributed by atoms with van der Waals surface area (Å²) >= 11 is 0. The van der Waals surface area contributed by atoms with Crippen LogP contribution in [0.5, 0.6) is 0 Å². The molecule has 0 unspecified atom stereocenters. The third-order valence-corrected chi connectivity index (χ3v) is 4.58. The van der Waals surface area contributed by atoms with Crippen LogP contribution in [0.4, 0.5) is 0 Å². The molecule has 3 rings (SSSR count). The number of hydrogen-bond donors (Lipinski definition) is 1. The minimum atomic E-state index is -0.153. The summed E-state index contributed by atoms with van der Waals surface area (Å²) in [7, 11) is 1.99. The Balaban J connectivity index is 1.66. The Morgan fingerprint density at radius 1 is 1.23 bits per heavy atom. The fraction of sp³-hybridized carbons (Fsp3) is 0.471. The molecule has 1 N–H and O–H groups in total. The fourth-order valence-corrected chi connectivity index (χ4v) is 3.16. The molecule has 0 aliphatic carbocycles. The van der Waals surface area contributed by atoms with E-state index in [0.717, 1.165) is 18.5 Å². The van der Waals surface area contributed by atoms with Crippen LogP contribution in [0.25, 0.3) is 0 Å². The summed E-state index contributed by atoms with van der Waals surface area (Å²) in [6.07, 6.45) is 8.33. The summed E-state index contributed by atoms with van der Waals surface area (Å²) in [5.74, 6) is 0.0943. The molecule has 5 nitrogen and oxygen atoms in total. The number of ether oxygens (including phenoxy) is 1. The van der Waals surface area contributed by atoms with Crippen molar-refractivity contribution in [3.8, 4) is 0 Å². The van der Waals surface area contributed by atoms with Crippen LogP contribution in [0.1, 0.15) is 25.0 Å². The minimum Gasteiger partial charge on any atom is -0.381 e. The van der Waals surface area contributed by atoms with Crippen LogP contribution in [0.15, 0.2) is 42.9 Å². The molecular weight excluding hydrogens is 278 g/mol. The van der Waals surface area contributed by atoms with Gasteiger partial charge in [0, 0.05) is 44.5 Å². The molecule has 1 fully saturated rings. The molecule has 2 aromatic rings. The van der Waals surface area contributed by atoms with E-state index in [1.807, 2.05) is 42.1 Å². The van der Waals surface area contributed by atoms with E-state index in [9.17, 15) is 4.79 Å². The normalized spacial score (nSPS) is 17.3. The molecule has 1 saturated heterocycles. The van der Waals surface area contributed by atoms with E-state index in [4.69, 9.17) is 4.74 Å². The number of carbonyl (C=O) groups is 1.